The molecular weight excluding hydrogens is 312 g/mol. The third-order valence-corrected chi connectivity index (χ3v) is 3.98. The minimum Gasteiger partial charge on any atom is -0.375 e. The zero-order valence-corrected chi connectivity index (χ0v) is 12.6. The molecule has 2 aromatic rings. The second kappa shape index (κ2) is 6.20. The highest BCUT2D eigenvalue weighted by Gasteiger charge is 2.08. The van der Waals surface area contributed by atoms with Gasteiger partial charge in [-0.05, 0) is 17.7 Å². The highest BCUT2D eigenvalue weighted by Crippen LogP contribution is 2.14. The summed E-state index contributed by atoms with van der Waals surface area (Å²) >= 11 is 1.28. The Hall–Kier alpha value is -1.97. The Bertz CT molecular complexity index is 738. The van der Waals surface area contributed by atoms with E-state index in [1.54, 1.807) is 29.6 Å². The molecule has 0 bridgehead atoms. The molecule has 0 atom stereocenters. The van der Waals surface area contributed by atoms with Crippen LogP contribution in [0.5, 0.6) is 0 Å². The van der Waals surface area contributed by atoms with Gasteiger partial charge >= 0.3 is 0 Å². The van der Waals surface area contributed by atoms with Crippen LogP contribution in [0.3, 0.4) is 0 Å². The Morgan fingerprint density at radius 3 is 2.48 bits per heavy atom. The lowest BCUT2D eigenvalue weighted by Crippen LogP contribution is -2.15. The van der Waals surface area contributed by atoms with E-state index in [-0.39, 0.29) is 18.1 Å². The largest absolute Gasteiger partial charge is 0.375 e. The average Bonchev–Trinajstić information content (AvgIpc) is 2.75. The third kappa shape index (κ3) is 5.14. The minimum atomic E-state index is -3.56. The molecule has 0 aliphatic heterocycles. The van der Waals surface area contributed by atoms with Gasteiger partial charge in [0.05, 0.1) is 17.9 Å². The summed E-state index contributed by atoms with van der Waals surface area (Å²) in [5.74, 6) is -0.459. The molecule has 0 aliphatic carbocycles. The van der Waals surface area contributed by atoms with Crippen molar-refractivity contribution in [3.8, 4) is 0 Å². The van der Waals surface area contributed by atoms with E-state index in [2.05, 4.69) is 10.3 Å². The summed E-state index contributed by atoms with van der Waals surface area (Å²) in [4.78, 5) is 15.8. The van der Waals surface area contributed by atoms with Crippen molar-refractivity contribution in [2.45, 2.75) is 12.2 Å². The molecule has 0 saturated heterocycles. The topological polar surface area (TPSA) is 128 Å². The maximum Gasteiger partial charge on any atom is 0.230 e. The number of primary sulfonamides is 1. The van der Waals surface area contributed by atoms with Gasteiger partial charge in [-0.3, -0.25) is 4.79 Å². The van der Waals surface area contributed by atoms with Gasteiger partial charge in [0.2, 0.25) is 15.9 Å². The first-order valence-corrected chi connectivity index (χ1v) is 8.50. The van der Waals surface area contributed by atoms with Crippen molar-refractivity contribution in [2.24, 2.45) is 5.14 Å². The normalized spacial score (nSPS) is 11.3. The summed E-state index contributed by atoms with van der Waals surface area (Å²) in [6.07, 6.45) is 0.132. The predicted molar refractivity (Wildman–Crippen MR) is 82.1 cm³/mol. The fraction of sp³-hybridized carbons (Fsp3) is 0.167. The van der Waals surface area contributed by atoms with Gasteiger partial charge in [0.15, 0.2) is 5.13 Å². The molecule has 9 heteroatoms. The van der Waals surface area contributed by atoms with Crippen LogP contribution in [0.15, 0.2) is 29.6 Å². The van der Waals surface area contributed by atoms with Crippen molar-refractivity contribution >= 4 is 38.1 Å². The van der Waals surface area contributed by atoms with Crippen LogP contribution in [-0.4, -0.2) is 19.3 Å². The van der Waals surface area contributed by atoms with E-state index in [0.717, 1.165) is 0 Å². The highest BCUT2D eigenvalue weighted by atomic mass is 32.2. The molecule has 1 aromatic carbocycles. The molecule has 7 nitrogen and oxygen atoms in total. The molecule has 112 valence electrons. The summed E-state index contributed by atoms with van der Waals surface area (Å²) in [5, 5.41) is 9.80. The lowest BCUT2D eigenvalue weighted by atomic mass is 10.2. The van der Waals surface area contributed by atoms with E-state index in [4.69, 9.17) is 10.9 Å². The van der Waals surface area contributed by atoms with Gasteiger partial charge in [0, 0.05) is 11.1 Å². The molecule has 21 heavy (non-hydrogen) atoms. The quantitative estimate of drug-likeness (QED) is 0.745. The average molecular weight is 326 g/mol. The van der Waals surface area contributed by atoms with Crippen LogP contribution in [-0.2, 0) is 27.0 Å². The summed E-state index contributed by atoms with van der Waals surface area (Å²) in [7, 11) is -3.56. The van der Waals surface area contributed by atoms with E-state index in [9.17, 15) is 13.2 Å². The van der Waals surface area contributed by atoms with E-state index in [1.165, 1.54) is 11.3 Å². The molecule has 0 unspecified atom stereocenters. The number of anilines is 2. The number of aromatic nitrogens is 1. The summed E-state index contributed by atoms with van der Waals surface area (Å²) in [5.41, 5.74) is 7.23. The van der Waals surface area contributed by atoms with Crippen LogP contribution >= 0.6 is 11.3 Å². The molecule has 0 spiro atoms. The number of nitrogens with zero attached hydrogens (tertiary/aromatic N) is 1. The number of nitrogen functional groups attached to an aromatic ring is 1. The Morgan fingerprint density at radius 1 is 1.29 bits per heavy atom. The maximum absolute atomic E-state index is 11.8. The molecule has 0 radical (unpaired) electrons. The molecule has 2 rings (SSSR count). The molecule has 0 aliphatic rings. The van der Waals surface area contributed by atoms with Crippen LogP contribution in [0.4, 0.5) is 10.8 Å². The third-order valence-electron chi connectivity index (χ3n) is 2.52. The van der Waals surface area contributed by atoms with Crippen LogP contribution in [0, 0.1) is 0 Å². The fourth-order valence-electron chi connectivity index (χ4n) is 1.69. The van der Waals surface area contributed by atoms with Crippen LogP contribution in [0.2, 0.25) is 0 Å². The Morgan fingerprint density at radius 2 is 1.95 bits per heavy atom. The zero-order chi connectivity index (χ0) is 15.5. The van der Waals surface area contributed by atoms with Gasteiger partial charge in [0.25, 0.3) is 0 Å². The molecule has 0 fully saturated rings. The number of benzene rings is 1. The van der Waals surface area contributed by atoms with Gasteiger partial charge < -0.3 is 11.1 Å². The number of thiazole rings is 1. The number of amides is 1. The van der Waals surface area contributed by atoms with Crippen molar-refractivity contribution in [3.05, 3.63) is 40.9 Å². The van der Waals surface area contributed by atoms with Crippen molar-refractivity contribution in [1.82, 2.24) is 4.98 Å². The van der Waals surface area contributed by atoms with Gasteiger partial charge in [0.1, 0.15) is 0 Å². The van der Waals surface area contributed by atoms with E-state index in [1.807, 2.05) is 0 Å². The first kappa shape index (κ1) is 15.4. The number of hydrogen-bond donors (Lipinski definition) is 3. The first-order chi connectivity index (χ1) is 9.82. The van der Waals surface area contributed by atoms with E-state index in [0.29, 0.717) is 22.1 Å². The Labute approximate surface area is 126 Å². The lowest BCUT2D eigenvalue weighted by molar-refractivity contribution is -0.115. The van der Waals surface area contributed by atoms with Crippen molar-refractivity contribution in [2.75, 3.05) is 11.1 Å². The van der Waals surface area contributed by atoms with Crippen LogP contribution < -0.4 is 16.2 Å². The summed E-state index contributed by atoms with van der Waals surface area (Å²) < 4.78 is 21.9. The van der Waals surface area contributed by atoms with Crippen molar-refractivity contribution in [1.29, 1.82) is 0 Å². The van der Waals surface area contributed by atoms with Crippen molar-refractivity contribution in [3.63, 3.8) is 0 Å². The second-order valence-corrected chi connectivity index (χ2v) is 6.91. The van der Waals surface area contributed by atoms with E-state index < -0.39 is 10.0 Å². The Kier molecular flexibility index (Phi) is 4.56. The number of rotatable bonds is 5. The minimum absolute atomic E-state index is 0.132. The molecular formula is C12H14N4O3S2. The zero-order valence-electron chi connectivity index (χ0n) is 10.9. The highest BCUT2D eigenvalue weighted by molar-refractivity contribution is 7.88. The number of nitrogens with two attached hydrogens (primary N) is 2. The van der Waals surface area contributed by atoms with Gasteiger partial charge in [-0.1, -0.05) is 12.1 Å². The van der Waals surface area contributed by atoms with Gasteiger partial charge in [-0.15, -0.1) is 11.3 Å². The van der Waals surface area contributed by atoms with Crippen LogP contribution in [0.1, 0.15) is 11.3 Å². The first-order valence-electron chi connectivity index (χ1n) is 5.91. The Balaban J connectivity index is 1.95. The standard InChI is InChI=1S/C12H14N4O3S2/c13-12-16-10(6-20-12)5-11(17)15-9-3-1-8(2-4-9)7-21(14,18)19/h1-4,6H,5,7H2,(H2,13,16)(H,15,17)(H2,14,18,19). The number of carbonyl (C=O) groups is 1. The number of nitrogens with one attached hydrogen (secondary N) is 1. The summed E-state index contributed by atoms with van der Waals surface area (Å²) in [6, 6.07) is 6.43. The van der Waals surface area contributed by atoms with Gasteiger partial charge in [-0.25, -0.2) is 18.5 Å². The fourth-order valence-corrected chi connectivity index (χ4v) is 2.91. The smallest absolute Gasteiger partial charge is 0.230 e. The molecule has 1 aromatic heterocycles. The number of hydrogen-bond acceptors (Lipinski definition) is 6. The SMILES string of the molecule is Nc1nc(CC(=O)Nc2ccc(CS(N)(=O)=O)cc2)cs1. The van der Waals surface area contributed by atoms with Crippen molar-refractivity contribution < 1.29 is 13.2 Å². The monoisotopic (exact) mass is 326 g/mol. The molecule has 5 N–H and O–H groups in total. The second-order valence-electron chi connectivity index (χ2n) is 4.41. The maximum atomic E-state index is 11.8. The molecule has 0 saturated carbocycles. The van der Waals surface area contributed by atoms with E-state index >= 15 is 0 Å². The summed E-state index contributed by atoms with van der Waals surface area (Å²) in [6.45, 7) is 0. The van der Waals surface area contributed by atoms with Gasteiger partial charge in [-0.2, -0.15) is 0 Å². The van der Waals surface area contributed by atoms with Crippen LogP contribution in [0.25, 0.3) is 0 Å². The lowest BCUT2D eigenvalue weighted by Gasteiger charge is -2.05. The number of sulfonamides is 1. The predicted octanol–water partition coefficient (Wildman–Crippen LogP) is 0.695. The number of carbonyl (C=O) groups excluding carboxylic acids is 1. The molecule has 1 heterocycles. The molecule has 1 amide bonds.